The van der Waals surface area contributed by atoms with Crippen LogP contribution in [0.25, 0.3) is 0 Å². The molecule has 2 heterocycles. The van der Waals surface area contributed by atoms with Crippen LogP contribution in [0.1, 0.15) is 36.0 Å². The first-order valence-electron chi connectivity index (χ1n) is 7.63. The van der Waals surface area contributed by atoms with Gasteiger partial charge in [0.05, 0.1) is 17.7 Å². The number of rotatable bonds is 4. The van der Waals surface area contributed by atoms with Gasteiger partial charge in [-0.25, -0.2) is 0 Å². The second-order valence-corrected chi connectivity index (χ2v) is 6.08. The molecule has 0 spiro atoms. The molecule has 1 N–H and O–H groups in total. The van der Waals surface area contributed by atoms with Crippen LogP contribution in [0, 0.1) is 5.92 Å². The van der Waals surface area contributed by atoms with Gasteiger partial charge in [-0.1, -0.05) is 0 Å². The Morgan fingerprint density at radius 1 is 1.41 bits per heavy atom. The highest BCUT2D eigenvalue weighted by Gasteiger charge is 2.39. The molecule has 1 aromatic rings. The van der Waals surface area contributed by atoms with Gasteiger partial charge in [0.1, 0.15) is 5.78 Å². The van der Waals surface area contributed by atoms with Crippen molar-refractivity contribution in [1.82, 2.24) is 20.0 Å². The molecule has 1 unspecified atom stereocenters. The average molecular weight is 304 g/mol. The lowest BCUT2D eigenvalue weighted by molar-refractivity contribution is -0.145. The van der Waals surface area contributed by atoms with Crippen molar-refractivity contribution in [2.45, 2.75) is 31.7 Å². The second-order valence-electron chi connectivity index (χ2n) is 6.08. The minimum absolute atomic E-state index is 0.0313. The first kappa shape index (κ1) is 14.7. The number of nitrogens with one attached hydrogen (secondary N) is 1. The van der Waals surface area contributed by atoms with E-state index in [0.29, 0.717) is 24.9 Å². The number of aromatic nitrogens is 2. The number of carbonyl (C=O) groups excluding carboxylic acids is 3. The average Bonchev–Trinajstić information content (AvgIpc) is 3.09. The van der Waals surface area contributed by atoms with Crippen LogP contribution in [0.3, 0.4) is 0 Å². The van der Waals surface area contributed by atoms with Gasteiger partial charge in [-0.3, -0.25) is 19.1 Å². The van der Waals surface area contributed by atoms with Gasteiger partial charge in [0.2, 0.25) is 5.91 Å². The van der Waals surface area contributed by atoms with Gasteiger partial charge in [-0.15, -0.1) is 0 Å². The van der Waals surface area contributed by atoms with Crippen molar-refractivity contribution < 1.29 is 14.4 Å². The first-order chi connectivity index (χ1) is 10.5. The minimum atomic E-state index is -0.175. The van der Waals surface area contributed by atoms with E-state index in [2.05, 4.69) is 10.4 Å². The summed E-state index contributed by atoms with van der Waals surface area (Å²) >= 11 is 0. The molecule has 2 amide bonds. The zero-order chi connectivity index (χ0) is 15.7. The van der Waals surface area contributed by atoms with E-state index in [4.69, 9.17) is 0 Å². The van der Waals surface area contributed by atoms with Gasteiger partial charge in [0.25, 0.3) is 5.91 Å². The summed E-state index contributed by atoms with van der Waals surface area (Å²) in [4.78, 5) is 37.3. The number of amides is 2. The summed E-state index contributed by atoms with van der Waals surface area (Å²) in [6.45, 7) is 1.16. The van der Waals surface area contributed by atoms with Crippen molar-refractivity contribution in [3.63, 3.8) is 0 Å². The molecule has 1 atom stereocenters. The molecule has 1 aromatic heterocycles. The number of nitrogens with zero attached hydrogens (tertiary/aromatic N) is 3. The molecule has 3 rings (SSSR count). The molecule has 1 saturated heterocycles. The van der Waals surface area contributed by atoms with Gasteiger partial charge < -0.3 is 10.2 Å². The van der Waals surface area contributed by atoms with E-state index in [-0.39, 0.29) is 29.6 Å². The molecule has 0 bridgehead atoms. The zero-order valence-electron chi connectivity index (χ0n) is 12.6. The molecule has 7 nitrogen and oxygen atoms in total. The Hall–Kier alpha value is -2.18. The predicted octanol–water partition coefficient (Wildman–Crippen LogP) is 0.120. The number of likely N-dealkylation sites (tertiary alicyclic amines) is 1. The lowest BCUT2D eigenvalue weighted by Gasteiger charge is -2.32. The molecular formula is C15H20N4O3. The van der Waals surface area contributed by atoms with Crippen molar-refractivity contribution in [3.05, 3.63) is 18.0 Å². The Kier molecular flexibility index (Phi) is 3.96. The lowest BCUT2D eigenvalue weighted by Crippen LogP contribution is -2.48. The number of aryl methyl sites for hydroxylation is 1. The molecule has 1 aliphatic carbocycles. The molecule has 0 radical (unpaired) electrons. The Bertz CT molecular complexity index is 602. The van der Waals surface area contributed by atoms with Crippen molar-refractivity contribution >= 4 is 17.6 Å². The van der Waals surface area contributed by atoms with Gasteiger partial charge >= 0.3 is 0 Å². The molecule has 0 aromatic carbocycles. The maximum absolute atomic E-state index is 12.3. The number of carbonyl (C=O) groups is 3. The van der Waals surface area contributed by atoms with E-state index < -0.39 is 0 Å². The molecule has 22 heavy (non-hydrogen) atoms. The van der Waals surface area contributed by atoms with E-state index in [9.17, 15) is 14.4 Å². The highest BCUT2D eigenvalue weighted by Crippen LogP contribution is 2.28. The summed E-state index contributed by atoms with van der Waals surface area (Å²) in [5, 5.41) is 6.84. The summed E-state index contributed by atoms with van der Waals surface area (Å²) in [6, 6.07) is 0.0313. The highest BCUT2D eigenvalue weighted by atomic mass is 16.2. The Labute approximate surface area is 128 Å². The van der Waals surface area contributed by atoms with Crippen LogP contribution in [0.5, 0.6) is 0 Å². The Morgan fingerprint density at radius 2 is 2.18 bits per heavy atom. The summed E-state index contributed by atoms with van der Waals surface area (Å²) in [7, 11) is 1.76. The van der Waals surface area contributed by atoms with Crippen LogP contribution in [0.2, 0.25) is 0 Å². The fourth-order valence-corrected chi connectivity index (χ4v) is 3.09. The number of ketones is 1. The van der Waals surface area contributed by atoms with Gasteiger partial charge in [-0.05, 0) is 12.8 Å². The standard InChI is InChI=1S/C15H20N4O3/c1-18-9-11(7-17-18)14(21)16-8-12-3-2-4-19(12)15(22)10-5-13(20)6-10/h7,9-10,12H,2-6,8H2,1H3,(H,16,21). The topological polar surface area (TPSA) is 84.3 Å². The Morgan fingerprint density at radius 3 is 2.82 bits per heavy atom. The third-order valence-electron chi connectivity index (χ3n) is 4.42. The summed E-state index contributed by atoms with van der Waals surface area (Å²) < 4.78 is 1.58. The van der Waals surface area contributed by atoms with E-state index in [0.717, 1.165) is 19.4 Å². The van der Waals surface area contributed by atoms with Crippen molar-refractivity contribution in [2.75, 3.05) is 13.1 Å². The van der Waals surface area contributed by atoms with Gasteiger partial charge in [-0.2, -0.15) is 5.10 Å². The van der Waals surface area contributed by atoms with E-state index in [1.54, 1.807) is 17.9 Å². The second kappa shape index (κ2) is 5.90. The van der Waals surface area contributed by atoms with Crippen LogP contribution in [0.4, 0.5) is 0 Å². The largest absolute Gasteiger partial charge is 0.350 e. The van der Waals surface area contributed by atoms with E-state index >= 15 is 0 Å². The van der Waals surface area contributed by atoms with Crippen LogP contribution >= 0.6 is 0 Å². The molecule has 7 heteroatoms. The van der Waals surface area contributed by atoms with Crippen LogP contribution in [0.15, 0.2) is 12.4 Å². The normalized spacial score (nSPS) is 21.8. The Balaban J connectivity index is 1.54. The van der Waals surface area contributed by atoms with E-state index in [1.165, 1.54) is 6.20 Å². The van der Waals surface area contributed by atoms with Gasteiger partial charge in [0, 0.05) is 45.2 Å². The highest BCUT2D eigenvalue weighted by molar-refractivity contribution is 5.96. The van der Waals surface area contributed by atoms with Crippen molar-refractivity contribution in [2.24, 2.45) is 13.0 Å². The van der Waals surface area contributed by atoms with Crippen LogP contribution in [-0.4, -0.2) is 51.4 Å². The molecule has 118 valence electrons. The minimum Gasteiger partial charge on any atom is -0.350 e. The predicted molar refractivity (Wildman–Crippen MR) is 78.0 cm³/mol. The van der Waals surface area contributed by atoms with Crippen LogP contribution in [-0.2, 0) is 16.6 Å². The summed E-state index contributed by atoms with van der Waals surface area (Å²) in [5.41, 5.74) is 0.517. The molecule has 2 fully saturated rings. The zero-order valence-corrected chi connectivity index (χ0v) is 12.6. The van der Waals surface area contributed by atoms with Crippen molar-refractivity contribution in [3.8, 4) is 0 Å². The number of Topliss-reactive ketones (excluding diaryl/α,β-unsaturated/α-hetero) is 1. The maximum atomic E-state index is 12.3. The molecular weight excluding hydrogens is 284 g/mol. The fraction of sp³-hybridized carbons (Fsp3) is 0.600. The molecule has 1 saturated carbocycles. The van der Waals surface area contributed by atoms with E-state index in [1.807, 2.05) is 4.90 Å². The molecule has 2 aliphatic rings. The van der Waals surface area contributed by atoms with Crippen LogP contribution < -0.4 is 5.32 Å². The number of hydrogen-bond donors (Lipinski definition) is 1. The third kappa shape index (κ3) is 2.88. The first-order valence-corrected chi connectivity index (χ1v) is 7.63. The quantitative estimate of drug-likeness (QED) is 0.856. The number of hydrogen-bond acceptors (Lipinski definition) is 4. The van der Waals surface area contributed by atoms with Gasteiger partial charge in [0.15, 0.2) is 0 Å². The monoisotopic (exact) mass is 304 g/mol. The lowest BCUT2D eigenvalue weighted by atomic mass is 9.83. The maximum Gasteiger partial charge on any atom is 0.254 e. The SMILES string of the molecule is Cn1cc(C(=O)NCC2CCCN2C(=O)C2CC(=O)C2)cn1. The van der Waals surface area contributed by atoms with Crippen molar-refractivity contribution in [1.29, 1.82) is 0 Å². The molecule has 1 aliphatic heterocycles. The fourth-order valence-electron chi connectivity index (χ4n) is 3.09. The summed E-state index contributed by atoms with van der Waals surface area (Å²) in [5.74, 6) is -0.0787. The smallest absolute Gasteiger partial charge is 0.254 e. The third-order valence-corrected chi connectivity index (χ3v) is 4.42. The summed E-state index contributed by atoms with van der Waals surface area (Å²) in [6.07, 6.45) is 5.77.